The first-order valence-electron chi connectivity index (χ1n) is 6.32. The summed E-state index contributed by atoms with van der Waals surface area (Å²) in [6, 6.07) is 0.805. The summed E-state index contributed by atoms with van der Waals surface area (Å²) in [5, 5.41) is 0. The van der Waals surface area contributed by atoms with Crippen LogP contribution in [0, 0.1) is 0 Å². The highest BCUT2D eigenvalue weighted by Gasteiger charge is 2.24. The highest BCUT2D eigenvalue weighted by Crippen LogP contribution is 2.18. The molecule has 2 unspecified atom stereocenters. The van der Waals surface area contributed by atoms with E-state index in [9.17, 15) is 0 Å². The van der Waals surface area contributed by atoms with E-state index in [1.807, 2.05) is 0 Å². The Labute approximate surface area is 111 Å². The zero-order valence-corrected chi connectivity index (χ0v) is 11.9. The van der Waals surface area contributed by atoms with Crippen LogP contribution in [0.25, 0.3) is 0 Å². The van der Waals surface area contributed by atoms with Crippen LogP contribution >= 0.6 is 12.4 Å². The van der Waals surface area contributed by atoms with Crippen LogP contribution in [-0.2, 0) is 9.47 Å². The summed E-state index contributed by atoms with van der Waals surface area (Å²) in [6.45, 7) is 6.42. The topological polar surface area (TPSA) is 47.7 Å². The van der Waals surface area contributed by atoms with E-state index in [4.69, 9.17) is 15.2 Å². The lowest BCUT2D eigenvalue weighted by Gasteiger charge is -2.37. The molecule has 0 radical (unpaired) electrons. The van der Waals surface area contributed by atoms with Crippen LogP contribution in [0.15, 0.2) is 0 Å². The van der Waals surface area contributed by atoms with Gasteiger partial charge in [-0.2, -0.15) is 0 Å². The smallest absolute Gasteiger partial charge is 0.0700 e. The van der Waals surface area contributed by atoms with Gasteiger partial charge in [-0.25, -0.2) is 0 Å². The number of rotatable bonds is 7. The average Bonchev–Trinajstić information content (AvgIpc) is 2.29. The number of hydrogen-bond donors (Lipinski definition) is 1. The largest absolute Gasteiger partial charge is 0.382 e. The van der Waals surface area contributed by atoms with Crippen molar-refractivity contribution in [3.63, 3.8) is 0 Å². The van der Waals surface area contributed by atoms with Crippen LogP contribution in [0.3, 0.4) is 0 Å². The Bertz CT molecular complexity index is 182. The van der Waals surface area contributed by atoms with Gasteiger partial charge in [0.05, 0.1) is 19.8 Å². The van der Waals surface area contributed by atoms with Crippen molar-refractivity contribution in [3.05, 3.63) is 0 Å². The van der Waals surface area contributed by atoms with Crippen molar-refractivity contribution < 1.29 is 9.47 Å². The fourth-order valence-corrected chi connectivity index (χ4v) is 2.32. The van der Waals surface area contributed by atoms with Gasteiger partial charge in [-0.15, -0.1) is 12.4 Å². The van der Waals surface area contributed by atoms with Crippen molar-refractivity contribution in [2.24, 2.45) is 5.73 Å². The van der Waals surface area contributed by atoms with E-state index in [1.165, 1.54) is 25.8 Å². The standard InChI is InChI=1S/C12H26N2O2.ClH/c1-11(13)12-5-3-4-6-14(12)7-8-16-10-9-15-2;/h11-12H,3-10,13H2,1-2H3;1H. The third-order valence-electron chi connectivity index (χ3n) is 3.23. The van der Waals surface area contributed by atoms with Crippen LogP contribution in [0.1, 0.15) is 26.2 Å². The number of hydrogen-bond acceptors (Lipinski definition) is 4. The highest BCUT2D eigenvalue weighted by molar-refractivity contribution is 5.85. The van der Waals surface area contributed by atoms with Crippen LogP contribution in [0.2, 0.25) is 0 Å². The van der Waals surface area contributed by atoms with Crippen LogP contribution in [0.5, 0.6) is 0 Å². The van der Waals surface area contributed by atoms with Crippen molar-refractivity contribution in [1.82, 2.24) is 4.90 Å². The van der Waals surface area contributed by atoms with E-state index in [2.05, 4.69) is 11.8 Å². The van der Waals surface area contributed by atoms with Crippen LogP contribution < -0.4 is 5.73 Å². The number of methoxy groups -OCH3 is 1. The van der Waals surface area contributed by atoms with Gasteiger partial charge in [-0.3, -0.25) is 4.90 Å². The molecule has 0 aromatic carbocycles. The minimum atomic E-state index is 0. The molecule has 2 N–H and O–H groups in total. The minimum Gasteiger partial charge on any atom is -0.382 e. The van der Waals surface area contributed by atoms with Crippen LogP contribution in [0.4, 0.5) is 0 Å². The van der Waals surface area contributed by atoms with Gasteiger partial charge in [0.15, 0.2) is 0 Å². The maximum Gasteiger partial charge on any atom is 0.0700 e. The van der Waals surface area contributed by atoms with E-state index in [0.717, 1.165) is 13.2 Å². The molecule has 5 heteroatoms. The van der Waals surface area contributed by atoms with Crippen molar-refractivity contribution in [1.29, 1.82) is 0 Å². The third kappa shape index (κ3) is 6.58. The molecule has 1 aliphatic heterocycles. The summed E-state index contributed by atoms with van der Waals surface area (Å²) in [4.78, 5) is 2.47. The van der Waals surface area contributed by atoms with E-state index < -0.39 is 0 Å². The zero-order chi connectivity index (χ0) is 11.8. The predicted molar refractivity (Wildman–Crippen MR) is 72.8 cm³/mol. The summed E-state index contributed by atoms with van der Waals surface area (Å²) in [5.41, 5.74) is 6.01. The molecular formula is C12H27ClN2O2. The fourth-order valence-electron chi connectivity index (χ4n) is 2.32. The molecule has 1 saturated heterocycles. The Morgan fingerprint density at radius 2 is 2.06 bits per heavy atom. The molecule has 0 aromatic heterocycles. The number of piperidine rings is 1. The molecule has 0 saturated carbocycles. The summed E-state index contributed by atoms with van der Waals surface area (Å²) in [7, 11) is 1.69. The Morgan fingerprint density at radius 3 is 2.71 bits per heavy atom. The van der Waals surface area contributed by atoms with Gasteiger partial charge in [-0.05, 0) is 26.3 Å². The molecule has 1 rings (SSSR count). The van der Waals surface area contributed by atoms with Crippen molar-refractivity contribution >= 4 is 12.4 Å². The molecule has 4 nitrogen and oxygen atoms in total. The van der Waals surface area contributed by atoms with E-state index in [0.29, 0.717) is 19.3 Å². The predicted octanol–water partition coefficient (Wildman–Crippen LogP) is 1.27. The maximum atomic E-state index is 6.01. The molecule has 104 valence electrons. The summed E-state index contributed by atoms with van der Waals surface area (Å²) in [6.07, 6.45) is 3.84. The second-order valence-corrected chi connectivity index (χ2v) is 4.56. The van der Waals surface area contributed by atoms with Crippen LogP contribution in [-0.4, -0.2) is 57.0 Å². The average molecular weight is 267 g/mol. The molecule has 0 bridgehead atoms. The quantitative estimate of drug-likeness (QED) is 0.705. The Balaban J connectivity index is 0.00000256. The first kappa shape index (κ1) is 17.1. The Kier molecular flexibility index (Phi) is 10.2. The number of halogens is 1. The van der Waals surface area contributed by atoms with Gasteiger partial charge < -0.3 is 15.2 Å². The van der Waals surface area contributed by atoms with Crippen molar-refractivity contribution in [2.45, 2.75) is 38.3 Å². The highest BCUT2D eigenvalue weighted by atomic mass is 35.5. The van der Waals surface area contributed by atoms with E-state index in [-0.39, 0.29) is 18.4 Å². The second kappa shape index (κ2) is 10.1. The van der Waals surface area contributed by atoms with Crippen molar-refractivity contribution in [2.75, 3.05) is 40.0 Å². The third-order valence-corrected chi connectivity index (χ3v) is 3.23. The lowest BCUT2D eigenvalue weighted by atomic mass is 9.97. The monoisotopic (exact) mass is 266 g/mol. The van der Waals surface area contributed by atoms with Crippen molar-refractivity contribution in [3.8, 4) is 0 Å². The van der Waals surface area contributed by atoms with Gasteiger partial charge in [0.2, 0.25) is 0 Å². The molecule has 0 amide bonds. The molecule has 1 fully saturated rings. The lowest BCUT2D eigenvalue weighted by molar-refractivity contribution is 0.0392. The summed E-state index contributed by atoms with van der Waals surface area (Å²) < 4.78 is 10.4. The second-order valence-electron chi connectivity index (χ2n) is 4.56. The Morgan fingerprint density at radius 1 is 1.29 bits per heavy atom. The van der Waals surface area contributed by atoms with Gasteiger partial charge in [-0.1, -0.05) is 6.42 Å². The molecule has 2 atom stereocenters. The molecule has 0 spiro atoms. The molecule has 1 aliphatic rings. The SMILES string of the molecule is COCCOCCN1CCCCC1C(C)N.Cl. The number of nitrogens with two attached hydrogens (primary N) is 1. The fraction of sp³-hybridized carbons (Fsp3) is 1.00. The summed E-state index contributed by atoms with van der Waals surface area (Å²) >= 11 is 0. The molecule has 0 aromatic rings. The van der Waals surface area contributed by atoms with Gasteiger partial charge in [0, 0.05) is 25.7 Å². The number of ether oxygens (including phenoxy) is 2. The Hall–Kier alpha value is 0.130. The molecule has 0 aliphatic carbocycles. The maximum absolute atomic E-state index is 6.01. The molecular weight excluding hydrogens is 240 g/mol. The normalized spacial score (nSPS) is 23.1. The first-order chi connectivity index (χ1) is 7.75. The number of likely N-dealkylation sites (tertiary alicyclic amines) is 1. The number of nitrogens with zero attached hydrogens (tertiary/aromatic N) is 1. The zero-order valence-electron chi connectivity index (χ0n) is 11.1. The van der Waals surface area contributed by atoms with Gasteiger partial charge >= 0.3 is 0 Å². The van der Waals surface area contributed by atoms with Gasteiger partial charge in [0.25, 0.3) is 0 Å². The summed E-state index contributed by atoms with van der Waals surface area (Å²) in [5.74, 6) is 0. The molecule has 1 heterocycles. The lowest BCUT2D eigenvalue weighted by Crippen LogP contribution is -2.50. The minimum absolute atomic E-state index is 0. The first-order valence-corrected chi connectivity index (χ1v) is 6.32. The molecule has 17 heavy (non-hydrogen) atoms. The van der Waals surface area contributed by atoms with Gasteiger partial charge in [0.1, 0.15) is 0 Å². The van der Waals surface area contributed by atoms with E-state index in [1.54, 1.807) is 7.11 Å². The van der Waals surface area contributed by atoms with E-state index >= 15 is 0 Å².